The normalized spacial score (nSPS) is 15.0. The molecule has 0 aliphatic carbocycles. The van der Waals surface area contributed by atoms with Crippen molar-refractivity contribution in [3.63, 3.8) is 0 Å². The lowest BCUT2D eigenvalue weighted by Crippen LogP contribution is -2.49. The summed E-state index contributed by atoms with van der Waals surface area (Å²) < 4.78 is 5.48. The van der Waals surface area contributed by atoms with Crippen molar-refractivity contribution in [2.45, 2.75) is 25.9 Å². The number of hydrogen-bond acceptors (Lipinski definition) is 5. The molecule has 2 N–H and O–H groups in total. The number of hydrazine groups is 1. The summed E-state index contributed by atoms with van der Waals surface area (Å²) in [6, 6.07) is 21.6. The number of anilines is 1. The molecule has 0 bridgehead atoms. The van der Waals surface area contributed by atoms with Gasteiger partial charge in [-0.2, -0.15) is 0 Å². The molecule has 3 aromatic carbocycles. The van der Waals surface area contributed by atoms with Gasteiger partial charge in [0.25, 0.3) is 11.8 Å². The van der Waals surface area contributed by atoms with Crippen LogP contribution in [-0.4, -0.2) is 45.4 Å². The number of carbonyl (C=O) groups excluding carboxylic acids is 3. The monoisotopic (exact) mass is 536 g/mol. The van der Waals surface area contributed by atoms with E-state index in [1.165, 1.54) is 9.91 Å². The summed E-state index contributed by atoms with van der Waals surface area (Å²) in [5, 5.41) is 4.67. The maximum Gasteiger partial charge on any atom is 0.269 e. The molecule has 0 spiro atoms. The Labute approximate surface area is 225 Å². The Morgan fingerprint density at radius 2 is 1.76 bits per heavy atom. The summed E-state index contributed by atoms with van der Waals surface area (Å²) in [5.41, 5.74) is 4.42. The van der Waals surface area contributed by atoms with Crippen molar-refractivity contribution in [2.24, 2.45) is 0 Å². The minimum atomic E-state index is -1.03. The van der Waals surface area contributed by atoms with Gasteiger partial charge in [0.15, 0.2) is 5.11 Å². The van der Waals surface area contributed by atoms with Crippen LogP contribution in [0.3, 0.4) is 0 Å². The fraction of sp³-hybridized carbons (Fsp3) is 0.185. The van der Waals surface area contributed by atoms with Crippen molar-refractivity contribution < 1.29 is 19.1 Å². The van der Waals surface area contributed by atoms with Crippen LogP contribution in [0.5, 0.6) is 5.75 Å². The third kappa shape index (κ3) is 6.44. The molecule has 8 nitrogen and oxygen atoms in total. The topological polar surface area (TPSA) is 91.0 Å². The van der Waals surface area contributed by atoms with Gasteiger partial charge in [-0.05, 0) is 61.1 Å². The second kappa shape index (κ2) is 11.9. The highest BCUT2D eigenvalue weighted by Gasteiger charge is 2.44. The number of halogens is 1. The van der Waals surface area contributed by atoms with Crippen molar-refractivity contribution in [3.8, 4) is 5.75 Å². The molecule has 0 saturated carbocycles. The van der Waals surface area contributed by atoms with Gasteiger partial charge in [-0.1, -0.05) is 48.0 Å². The lowest BCUT2D eigenvalue weighted by Gasteiger charge is -2.24. The summed E-state index contributed by atoms with van der Waals surface area (Å²) in [5.74, 6) is -0.668. The molecule has 1 unspecified atom stereocenters. The predicted octanol–water partition coefficient (Wildman–Crippen LogP) is 4.41. The molecular weight excluding hydrogens is 512 g/mol. The Balaban J connectivity index is 1.54. The van der Waals surface area contributed by atoms with Crippen LogP contribution in [0.1, 0.15) is 29.3 Å². The second-order valence-electron chi connectivity index (χ2n) is 8.24. The number of hydrogen-bond donors (Lipinski definition) is 2. The number of rotatable bonds is 9. The minimum Gasteiger partial charge on any atom is -0.494 e. The van der Waals surface area contributed by atoms with Gasteiger partial charge < -0.3 is 10.1 Å². The fourth-order valence-electron chi connectivity index (χ4n) is 3.86. The molecule has 0 aromatic heterocycles. The Morgan fingerprint density at radius 1 is 1.03 bits per heavy atom. The summed E-state index contributed by atoms with van der Waals surface area (Å²) in [6.07, 6.45) is -0.232. The summed E-state index contributed by atoms with van der Waals surface area (Å²) in [6.45, 7) is 2.57. The lowest BCUT2D eigenvalue weighted by atomic mass is 10.1. The van der Waals surface area contributed by atoms with Gasteiger partial charge in [0, 0.05) is 22.3 Å². The first kappa shape index (κ1) is 26.1. The Kier molecular flexibility index (Phi) is 8.37. The Hall–Kier alpha value is -3.95. The maximum atomic E-state index is 13.4. The third-order valence-electron chi connectivity index (χ3n) is 5.62. The van der Waals surface area contributed by atoms with Gasteiger partial charge in [-0.3, -0.25) is 24.7 Å². The average Bonchev–Trinajstić information content (AvgIpc) is 3.09. The van der Waals surface area contributed by atoms with Gasteiger partial charge in [0.2, 0.25) is 5.91 Å². The van der Waals surface area contributed by atoms with Crippen LogP contribution in [0.25, 0.3) is 0 Å². The van der Waals surface area contributed by atoms with Crippen molar-refractivity contribution >= 4 is 52.3 Å². The highest BCUT2D eigenvalue weighted by molar-refractivity contribution is 7.80. The van der Waals surface area contributed by atoms with Crippen LogP contribution in [0, 0.1) is 0 Å². The van der Waals surface area contributed by atoms with E-state index in [1.54, 1.807) is 48.5 Å². The molecule has 3 aromatic rings. The average molecular weight is 537 g/mol. The molecule has 1 atom stereocenters. The van der Waals surface area contributed by atoms with Crippen LogP contribution >= 0.6 is 23.8 Å². The van der Waals surface area contributed by atoms with Gasteiger partial charge >= 0.3 is 0 Å². The molecule has 1 saturated heterocycles. The van der Waals surface area contributed by atoms with E-state index in [0.29, 0.717) is 28.6 Å². The van der Waals surface area contributed by atoms with E-state index in [0.717, 1.165) is 5.56 Å². The quantitative estimate of drug-likeness (QED) is 0.394. The van der Waals surface area contributed by atoms with Crippen LogP contribution in [0.4, 0.5) is 5.69 Å². The van der Waals surface area contributed by atoms with E-state index in [1.807, 2.05) is 37.3 Å². The zero-order valence-corrected chi connectivity index (χ0v) is 21.6. The number of nitrogens with one attached hydrogen (secondary N) is 2. The summed E-state index contributed by atoms with van der Waals surface area (Å²) in [7, 11) is 0. The molecule has 1 aliphatic heterocycles. The molecular formula is C27H25ClN4O4S. The summed E-state index contributed by atoms with van der Waals surface area (Å²) >= 11 is 11.5. The number of benzene rings is 3. The predicted molar refractivity (Wildman–Crippen MR) is 145 cm³/mol. The van der Waals surface area contributed by atoms with Gasteiger partial charge in [0.1, 0.15) is 11.8 Å². The molecule has 3 amide bonds. The summed E-state index contributed by atoms with van der Waals surface area (Å²) in [4.78, 5) is 40.8. The molecule has 1 aliphatic rings. The molecule has 1 heterocycles. The molecule has 0 radical (unpaired) electrons. The van der Waals surface area contributed by atoms with Crippen molar-refractivity contribution in [1.29, 1.82) is 0 Å². The zero-order valence-electron chi connectivity index (χ0n) is 20.0. The fourth-order valence-corrected chi connectivity index (χ4v) is 4.31. The first-order chi connectivity index (χ1) is 17.9. The molecule has 4 rings (SSSR count). The Bertz CT molecular complexity index is 1300. The highest BCUT2D eigenvalue weighted by atomic mass is 35.5. The van der Waals surface area contributed by atoms with Crippen molar-refractivity contribution in [2.75, 3.05) is 11.9 Å². The van der Waals surface area contributed by atoms with Crippen LogP contribution in [0.2, 0.25) is 5.02 Å². The standard InChI is InChI=1S/C27H25ClN4O4S/c1-2-36-22-10-6-9-21(15-22)29-24(33)16-23-26(35)31(17-18-7-4-3-5-8-18)27(37)32(23)30-25(34)19-11-13-20(28)14-12-19/h3-15,23H,2,16-17H2,1H3,(H,29,33)(H,30,34). The van der Waals surface area contributed by atoms with E-state index < -0.39 is 17.9 Å². The number of ether oxygens (including phenoxy) is 1. The van der Waals surface area contributed by atoms with Crippen LogP contribution < -0.4 is 15.5 Å². The lowest BCUT2D eigenvalue weighted by molar-refractivity contribution is -0.131. The number of carbonyl (C=O) groups is 3. The molecule has 190 valence electrons. The van der Waals surface area contributed by atoms with E-state index in [-0.39, 0.29) is 24.0 Å². The van der Waals surface area contributed by atoms with E-state index in [2.05, 4.69) is 10.7 Å². The largest absolute Gasteiger partial charge is 0.494 e. The van der Waals surface area contributed by atoms with Crippen molar-refractivity contribution in [1.82, 2.24) is 15.3 Å². The smallest absolute Gasteiger partial charge is 0.269 e. The maximum absolute atomic E-state index is 13.4. The van der Waals surface area contributed by atoms with Crippen LogP contribution in [-0.2, 0) is 16.1 Å². The third-order valence-corrected chi connectivity index (χ3v) is 6.29. The van der Waals surface area contributed by atoms with E-state index in [4.69, 9.17) is 28.6 Å². The van der Waals surface area contributed by atoms with Crippen LogP contribution in [0.15, 0.2) is 78.9 Å². The molecule has 37 heavy (non-hydrogen) atoms. The first-order valence-electron chi connectivity index (χ1n) is 11.6. The molecule has 10 heteroatoms. The van der Waals surface area contributed by atoms with Gasteiger partial charge in [-0.15, -0.1) is 0 Å². The minimum absolute atomic E-state index is 0.104. The zero-order chi connectivity index (χ0) is 26.4. The second-order valence-corrected chi connectivity index (χ2v) is 9.04. The van der Waals surface area contributed by atoms with Crippen molar-refractivity contribution in [3.05, 3.63) is 95.0 Å². The number of thiocarbonyl (C=S) groups is 1. The Morgan fingerprint density at radius 3 is 2.46 bits per heavy atom. The highest BCUT2D eigenvalue weighted by Crippen LogP contribution is 2.23. The number of amides is 3. The van der Waals surface area contributed by atoms with Gasteiger partial charge in [0.05, 0.1) is 19.6 Å². The molecule has 1 fully saturated rings. The first-order valence-corrected chi connectivity index (χ1v) is 12.4. The van der Waals surface area contributed by atoms with E-state index >= 15 is 0 Å². The number of nitrogens with zero attached hydrogens (tertiary/aromatic N) is 2. The SMILES string of the molecule is CCOc1cccc(NC(=O)CC2C(=O)N(Cc3ccccc3)C(=S)N2NC(=O)c2ccc(Cl)cc2)c1. The van der Waals surface area contributed by atoms with Gasteiger partial charge in [-0.25, -0.2) is 5.01 Å². The van der Waals surface area contributed by atoms with E-state index in [9.17, 15) is 14.4 Å².